The molecule has 5 nitrogen and oxygen atoms in total. The highest BCUT2D eigenvalue weighted by Crippen LogP contribution is 2.17. The van der Waals surface area contributed by atoms with Crippen LogP contribution in [0.25, 0.3) is 0 Å². The molecule has 0 bridgehead atoms. The molecular formula is C14H17NO4. The predicted octanol–water partition coefficient (Wildman–Crippen LogP) is 2.61. The molecule has 5 heteroatoms. The Labute approximate surface area is 111 Å². The second-order valence-corrected chi connectivity index (χ2v) is 4.34. The van der Waals surface area contributed by atoms with Crippen molar-refractivity contribution in [3.05, 3.63) is 47.3 Å². The Kier molecular flexibility index (Phi) is 4.06. The van der Waals surface area contributed by atoms with Crippen molar-refractivity contribution >= 4 is 5.91 Å². The molecule has 0 saturated carbocycles. The summed E-state index contributed by atoms with van der Waals surface area (Å²) in [6.45, 7) is 3.97. The van der Waals surface area contributed by atoms with Crippen molar-refractivity contribution in [2.45, 2.75) is 19.9 Å². The Hall–Kier alpha value is -2.01. The van der Waals surface area contributed by atoms with Gasteiger partial charge in [-0.3, -0.25) is 4.79 Å². The Morgan fingerprint density at radius 2 is 1.89 bits per heavy atom. The van der Waals surface area contributed by atoms with E-state index in [1.807, 2.05) is 19.1 Å². The summed E-state index contributed by atoms with van der Waals surface area (Å²) in [5.74, 6) is 2.14. The van der Waals surface area contributed by atoms with E-state index in [9.17, 15) is 4.79 Å². The molecule has 0 unspecified atom stereocenters. The number of ether oxygens (including phenoxy) is 1. The largest absolute Gasteiger partial charge is 0.464 e. The monoisotopic (exact) mass is 263 g/mol. The second kappa shape index (κ2) is 5.75. The van der Waals surface area contributed by atoms with Gasteiger partial charge in [-0.2, -0.15) is 0 Å². The van der Waals surface area contributed by atoms with Crippen LogP contribution in [0.2, 0.25) is 0 Å². The van der Waals surface area contributed by atoms with E-state index in [-0.39, 0.29) is 17.7 Å². The Bertz CT molecular complexity index is 555. The number of carbonyl (C=O) groups is 1. The summed E-state index contributed by atoms with van der Waals surface area (Å²) in [5, 5.41) is 2.83. The van der Waals surface area contributed by atoms with Crippen molar-refractivity contribution in [2.75, 3.05) is 13.7 Å². The van der Waals surface area contributed by atoms with Crippen molar-refractivity contribution < 1.29 is 18.4 Å². The lowest BCUT2D eigenvalue weighted by Crippen LogP contribution is -2.30. The summed E-state index contributed by atoms with van der Waals surface area (Å²) >= 11 is 0. The third kappa shape index (κ3) is 3.26. The summed E-state index contributed by atoms with van der Waals surface area (Å²) < 4.78 is 15.9. The van der Waals surface area contributed by atoms with Crippen molar-refractivity contribution in [2.24, 2.45) is 0 Å². The molecule has 2 aromatic heterocycles. The zero-order chi connectivity index (χ0) is 13.8. The number of aryl methyl sites for hydroxylation is 2. The summed E-state index contributed by atoms with van der Waals surface area (Å²) in [7, 11) is 1.58. The number of nitrogens with one attached hydrogen (secondary N) is 1. The molecule has 0 radical (unpaired) electrons. The minimum absolute atomic E-state index is 0.280. The molecule has 19 heavy (non-hydrogen) atoms. The van der Waals surface area contributed by atoms with Gasteiger partial charge in [0, 0.05) is 7.11 Å². The lowest BCUT2D eigenvalue weighted by Gasteiger charge is -2.14. The average molecular weight is 263 g/mol. The number of hydrogen-bond donors (Lipinski definition) is 1. The molecule has 1 atom stereocenters. The summed E-state index contributed by atoms with van der Waals surface area (Å²) in [6, 6.07) is 6.73. The van der Waals surface area contributed by atoms with E-state index in [0.29, 0.717) is 18.1 Å². The fourth-order valence-electron chi connectivity index (χ4n) is 1.79. The molecule has 0 aliphatic rings. The summed E-state index contributed by atoms with van der Waals surface area (Å²) in [5.41, 5.74) is 0. The maximum Gasteiger partial charge on any atom is 0.287 e. The number of hydrogen-bond acceptors (Lipinski definition) is 4. The average Bonchev–Trinajstić information content (AvgIpc) is 2.97. The van der Waals surface area contributed by atoms with Crippen molar-refractivity contribution in [1.29, 1.82) is 0 Å². The van der Waals surface area contributed by atoms with Gasteiger partial charge in [-0.15, -0.1) is 0 Å². The van der Waals surface area contributed by atoms with Crippen molar-refractivity contribution in [1.82, 2.24) is 5.32 Å². The molecule has 2 heterocycles. The Morgan fingerprint density at radius 3 is 2.42 bits per heavy atom. The van der Waals surface area contributed by atoms with E-state index in [0.717, 1.165) is 5.76 Å². The van der Waals surface area contributed by atoms with Crippen LogP contribution in [-0.2, 0) is 4.74 Å². The number of amides is 1. The van der Waals surface area contributed by atoms with Gasteiger partial charge in [0.1, 0.15) is 23.3 Å². The van der Waals surface area contributed by atoms with Gasteiger partial charge >= 0.3 is 0 Å². The van der Waals surface area contributed by atoms with Crippen LogP contribution in [0.5, 0.6) is 0 Å². The molecule has 0 saturated heterocycles. The fraction of sp³-hybridized carbons (Fsp3) is 0.357. The lowest BCUT2D eigenvalue weighted by atomic mass is 10.2. The highest BCUT2D eigenvalue weighted by molar-refractivity contribution is 5.91. The zero-order valence-electron chi connectivity index (χ0n) is 11.2. The summed E-state index contributed by atoms with van der Waals surface area (Å²) in [6.07, 6.45) is 0. The van der Waals surface area contributed by atoms with Gasteiger partial charge in [0.15, 0.2) is 5.76 Å². The first-order valence-electron chi connectivity index (χ1n) is 6.02. The zero-order valence-corrected chi connectivity index (χ0v) is 11.2. The molecular weight excluding hydrogens is 246 g/mol. The first-order chi connectivity index (χ1) is 9.10. The lowest BCUT2D eigenvalue weighted by molar-refractivity contribution is 0.0854. The standard InChI is InChI=1S/C14H17NO4/c1-9-4-6-12(18-9)11(8-17-3)15-14(16)13-7-5-10(2)19-13/h4-7,11H,8H2,1-3H3,(H,15,16)/t11-/m1/s1. The van der Waals surface area contributed by atoms with Gasteiger partial charge in [0.2, 0.25) is 0 Å². The van der Waals surface area contributed by atoms with Crippen LogP contribution >= 0.6 is 0 Å². The number of furan rings is 2. The molecule has 0 fully saturated rings. The van der Waals surface area contributed by atoms with E-state index < -0.39 is 0 Å². The maximum absolute atomic E-state index is 12.0. The molecule has 0 aliphatic carbocycles. The fourth-order valence-corrected chi connectivity index (χ4v) is 1.79. The van der Waals surface area contributed by atoms with Crippen LogP contribution in [0.1, 0.15) is 33.9 Å². The van der Waals surface area contributed by atoms with Crippen molar-refractivity contribution in [3.8, 4) is 0 Å². The van der Waals surface area contributed by atoms with Gasteiger partial charge in [0.25, 0.3) is 5.91 Å². The van der Waals surface area contributed by atoms with Gasteiger partial charge in [-0.05, 0) is 38.1 Å². The van der Waals surface area contributed by atoms with E-state index in [1.54, 1.807) is 26.2 Å². The third-order valence-electron chi connectivity index (χ3n) is 2.71. The Balaban J connectivity index is 2.10. The van der Waals surface area contributed by atoms with Crippen LogP contribution in [-0.4, -0.2) is 19.6 Å². The first kappa shape index (κ1) is 13.4. The minimum Gasteiger partial charge on any atom is -0.464 e. The van der Waals surface area contributed by atoms with E-state index >= 15 is 0 Å². The van der Waals surface area contributed by atoms with Crippen molar-refractivity contribution in [3.63, 3.8) is 0 Å². The molecule has 2 aromatic rings. The van der Waals surface area contributed by atoms with E-state index in [1.165, 1.54) is 0 Å². The van der Waals surface area contributed by atoms with Gasteiger partial charge in [-0.1, -0.05) is 0 Å². The van der Waals surface area contributed by atoms with Gasteiger partial charge in [0.05, 0.1) is 6.61 Å². The molecule has 1 amide bonds. The summed E-state index contributed by atoms with van der Waals surface area (Å²) in [4.78, 5) is 12.0. The van der Waals surface area contributed by atoms with Gasteiger partial charge < -0.3 is 18.9 Å². The third-order valence-corrected chi connectivity index (χ3v) is 2.71. The van der Waals surface area contributed by atoms with Crippen LogP contribution in [0, 0.1) is 13.8 Å². The first-order valence-corrected chi connectivity index (χ1v) is 6.02. The van der Waals surface area contributed by atoms with Crippen LogP contribution < -0.4 is 5.32 Å². The predicted molar refractivity (Wildman–Crippen MR) is 69.0 cm³/mol. The molecule has 0 aromatic carbocycles. The second-order valence-electron chi connectivity index (χ2n) is 4.34. The number of carbonyl (C=O) groups excluding carboxylic acids is 1. The van der Waals surface area contributed by atoms with E-state index in [4.69, 9.17) is 13.6 Å². The van der Waals surface area contributed by atoms with Crippen LogP contribution in [0.3, 0.4) is 0 Å². The molecule has 0 spiro atoms. The molecule has 0 aliphatic heterocycles. The maximum atomic E-state index is 12.0. The smallest absolute Gasteiger partial charge is 0.287 e. The molecule has 102 valence electrons. The van der Waals surface area contributed by atoms with E-state index in [2.05, 4.69) is 5.32 Å². The van der Waals surface area contributed by atoms with Gasteiger partial charge in [-0.25, -0.2) is 0 Å². The highest BCUT2D eigenvalue weighted by Gasteiger charge is 2.20. The topological polar surface area (TPSA) is 64.6 Å². The number of rotatable bonds is 5. The molecule has 2 rings (SSSR count). The van der Waals surface area contributed by atoms with Crippen LogP contribution in [0.4, 0.5) is 0 Å². The SMILES string of the molecule is COC[C@@H](NC(=O)c1ccc(C)o1)c1ccc(C)o1. The van der Waals surface area contributed by atoms with Crippen LogP contribution in [0.15, 0.2) is 33.1 Å². The highest BCUT2D eigenvalue weighted by atomic mass is 16.5. The quantitative estimate of drug-likeness (QED) is 0.900. The Morgan fingerprint density at radius 1 is 1.21 bits per heavy atom. The minimum atomic E-state index is -0.336. The number of methoxy groups -OCH3 is 1. The molecule has 1 N–H and O–H groups in total. The normalized spacial score (nSPS) is 12.4.